The number of hydrogen-bond acceptors (Lipinski definition) is 5. The predicted molar refractivity (Wildman–Crippen MR) is 118 cm³/mol. The molecule has 1 saturated heterocycles. The highest BCUT2D eigenvalue weighted by Crippen LogP contribution is 2.20. The second-order valence-electron chi connectivity index (χ2n) is 7.41. The van der Waals surface area contributed by atoms with Gasteiger partial charge < -0.3 is 14.4 Å². The summed E-state index contributed by atoms with van der Waals surface area (Å²) in [6.45, 7) is 2.46. The molecule has 0 bridgehead atoms. The zero-order valence-corrected chi connectivity index (χ0v) is 17.7. The molecule has 5 nitrogen and oxygen atoms in total. The van der Waals surface area contributed by atoms with E-state index in [1.807, 2.05) is 41.3 Å². The van der Waals surface area contributed by atoms with Crippen molar-refractivity contribution >= 4 is 17.2 Å². The number of rotatable bonds is 9. The molecule has 0 spiro atoms. The molecule has 1 fully saturated rings. The van der Waals surface area contributed by atoms with Crippen LogP contribution in [0.1, 0.15) is 34.5 Å². The minimum absolute atomic E-state index is 0.0742. The molecule has 0 N–H and O–H groups in total. The summed E-state index contributed by atoms with van der Waals surface area (Å²) < 4.78 is 11.7. The summed E-state index contributed by atoms with van der Waals surface area (Å²) in [5.41, 5.74) is 2.78. The lowest BCUT2D eigenvalue weighted by Gasteiger charge is -2.25. The van der Waals surface area contributed by atoms with Gasteiger partial charge in [0.05, 0.1) is 12.7 Å². The Morgan fingerprint density at radius 1 is 1.20 bits per heavy atom. The number of benzene rings is 1. The molecule has 0 saturated carbocycles. The van der Waals surface area contributed by atoms with E-state index in [4.69, 9.17) is 9.47 Å². The van der Waals surface area contributed by atoms with Crippen molar-refractivity contribution in [2.45, 2.75) is 31.9 Å². The molecule has 1 aliphatic heterocycles. The van der Waals surface area contributed by atoms with Crippen LogP contribution in [0.25, 0.3) is 0 Å². The van der Waals surface area contributed by atoms with Crippen molar-refractivity contribution in [3.8, 4) is 5.75 Å². The second-order valence-corrected chi connectivity index (χ2v) is 8.19. The fourth-order valence-corrected chi connectivity index (χ4v) is 4.28. The van der Waals surface area contributed by atoms with Crippen molar-refractivity contribution in [2.24, 2.45) is 0 Å². The first-order valence-electron chi connectivity index (χ1n) is 10.3. The Hall–Kier alpha value is -2.70. The van der Waals surface area contributed by atoms with Gasteiger partial charge in [0.1, 0.15) is 11.4 Å². The molecule has 6 heteroatoms. The maximum Gasteiger partial charge on any atom is 0.272 e. The van der Waals surface area contributed by atoms with Crippen molar-refractivity contribution in [1.82, 2.24) is 9.88 Å². The lowest BCUT2D eigenvalue weighted by atomic mass is 10.1. The second kappa shape index (κ2) is 10.4. The van der Waals surface area contributed by atoms with E-state index in [1.54, 1.807) is 23.6 Å². The Morgan fingerprint density at radius 3 is 2.93 bits per heavy atom. The van der Waals surface area contributed by atoms with E-state index in [0.717, 1.165) is 37.2 Å². The number of pyridine rings is 1. The van der Waals surface area contributed by atoms with Gasteiger partial charge >= 0.3 is 0 Å². The molecule has 0 radical (unpaired) electrons. The SMILES string of the molecule is O=C(c1ccccn1)N(Cc1cccc(OCCc2ccsc2)c1)C[C@@H]1CCCO1. The molecule has 3 heterocycles. The number of amides is 1. The molecule has 0 unspecified atom stereocenters. The fourth-order valence-electron chi connectivity index (χ4n) is 3.58. The maximum absolute atomic E-state index is 13.1. The third kappa shape index (κ3) is 5.68. The van der Waals surface area contributed by atoms with Gasteiger partial charge in [-0.15, -0.1) is 0 Å². The highest BCUT2D eigenvalue weighted by molar-refractivity contribution is 7.07. The quantitative estimate of drug-likeness (QED) is 0.506. The zero-order valence-electron chi connectivity index (χ0n) is 16.9. The van der Waals surface area contributed by atoms with Crippen LogP contribution >= 0.6 is 11.3 Å². The number of ether oxygens (including phenoxy) is 2. The number of hydrogen-bond donors (Lipinski definition) is 0. The van der Waals surface area contributed by atoms with Crippen LogP contribution in [0.5, 0.6) is 5.75 Å². The van der Waals surface area contributed by atoms with Gasteiger partial charge in [-0.2, -0.15) is 11.3 Å². The average Bonchev–Trinajstić information content (AvgIpc) is 3.48. The number of aromatic nitrogens is 1. The van der Waals surface area contributed by atoms with Crippen LogP contribution in [-0.2, 0) is 17.7 Å². The normalized spacial score (nSPS) is 15.8. The van der Waals surface area contributed by atoms with E-state index in [9.17, 15) is 4.79 Å². The molecule has 1 aliphatic rings. The maximum atomic E-state index is 13.1. The van der Waals surface area contributed by atoms with E-state index in [1.165, 1.54) is 5.56 Å². The van der Waals surface area contributed by atoms with E-state index in [-0.39, 0.29) is 12.0 Å². The van der Waals surface area contributed by atoms with Gasteiger partial charge in [0.2, 0.25) is 0 Å². The van der Waals surface area contributed by atoms with Gasteiger partial charge in [0.15, 0.2) is 0 Å². The fraction of sp³-hybridized carbons (Fsp3) is 0.333. The molecule has 0 aliphatic carbocycles. The summed E-state index contributed by atoms with van der Waals surface area (Å²) in [4.78, 5) is 19.2. The standard InChI is InChI=1S/C24H26N2O3S/c27-24(23-8-1-2-11-25-23)26(17-22-7-4-12-28-22)16-20-5-3-6-21(15-20)29-13-9-19-10-14-30-18-19/h1-3,5-6,8,10-11,14-15,18,22H,4,7,9,12-13,16-17H2/t22-/m0/s1. The summed E-state index contributed by atoms with van der Waals surface area (Å²) >= 11 is 1.70. The van der Waals surface area contributed by atoms with Crippen LogP contribution in [0.3, 0.4) is 0 Å². The number of nitrogens with zero attached hydrogens (tertiary/aromatic N) is 2. The van der Waals surface area contributed by atoms with Crippen LogP contribution in [0.15, 0.2) is 65.5 Å². The minimum Gasteiger partial charge on any atom is -0.493 e. The summed E-state index contributed by atoms with van der Waals surface area (Å²) in [6, 6.07) is 15.5. The third-order valence-electron chi connectivity index (χ3n) is 5.13. The Balaban J connectivity index is 1.42. The molecule has 3 aromatic rings. The molecule has 1 atom stereocenters. The molecule has 4 rings (SSSR count). The summed E-state index contributed by atoms with van der Waals surface area (Å²) in [5.74, 6) is 0.750. The van der Waals surface area contributed by atoms with Crippen molar-refractivity contribution in [3.05, 3.63) is 82.3 Å². The van der Waals surface area contributed by atoms with Crippen LogP contribution in [0, 0.1) is 0 Å². The predicted octanol–water partition coefficient (Wildman–Crippen LogP) is 4.59. The highest BCUT2D eigenvalue weighted by atomic mass is 32.1. The Labute approximate surface area is 181 Å². The summed E-state index contributed by atoms with van der Waals surface area (Å²) in [7, 11) is 0. The lowest BCUT2D eigenvalue weighted by molar-refractivity contribution is 0.0502. The smallest absolute Gasteiger partial charge is 0.272 e. The first-order chi connectivity index (χ1) is 14.8. The Morgan fingerprint density at radius 2 is 2.17 bits per heavy atom. The monoisotopic (exact) mass is 422 g/mol. The number of thiophene rings is 1. The molecule has 30 heavy (non-hydrogen) atoms. The average molecular weight is 423 g/mol. The zero-order chi connectivity index (χ0) is 20.6. The van der Waals surface area contributed by atoms with Gasteiger partial charge in [0, 0.05) is 32.3 Å². The third-order valence-corrected chi connectivity index (χ3v) is 5.86. The van der Waals surface area contributed by atoms with Gasteiger partial charge in [-0.25, -0.2) is 0 Å². The molecule has 2 aromatic heterocycles. The molecule has 156 valence electrons. The van der Waals surface area contributed by atoms with Crippen LogP contribution < -0.4 is 4.74 Å². The van der Waals surface area contributed by atoms with E-state index < -0.39 is 0 Å². The molecular weight excluding hydrogens is 396 g/mol. The number of carbonyl (C=O) groups is 1. The molecule has 1 aromatic carbocycles. The minimum atomic E-state index is -0.0742. The first kappa shape index (κ1) is 20.6. The van der Waals surface area contributed by atoms with Gasteiger partial charge in [0.25, 0.3) is 5.91 Å². The van der Waals surface area contributed by atoms with Crippen LogP contribution in [0.2, 0.25) is 0 Å². The van der Waals surface area contributed by atoms with E-state index >= 15 is 0 Å². The lowest BCUT2D eigenvalue weighted by Crippen LogP contribution is -2.37. The van der Waals surface area contributed by atoms with Gasteiger partial charge in [-0.05, 0) is 65.1 Å². The largest absolute Gasteiger partial charge is 0.493 e. The van der Waals surface area contributed by atoms with Crippen molar-refractivity contribution in [3.63, 3.8) is 0 Å². The molecule has 1 amide bonds. The van der Waals surface area contributed by atoms with Crippen molar-refractivity contribution in [1.29, 1.82) is 0 Å². The number of carbonyl (C=O) groups excluding carboxylic acids is 1. The van der Waals surface area contributed by atoms with Crippen molar-refractivity contribution in [2.75, 3.05) is 19.8 Å². The van der Waals surface area contributed by atoms with Gasteiger partial charge in [-0.1, -0.05) is 18.2 Å². The molecular formula is C24H26N2O3S. The van der Waals surface area contributed by atoms with Crippen LogP contribution in [0.4, 0.5) is 0 Å². The summed E-state index contributed by atoms with van der Waals surface area (Å²) in [5, 5.41) is 4.23. The van der Waals surface area contributed by atoms with E-state index in [0.29, 0.717) is 25.4 Å². The summed E-state index contributed by atoms with van der Waals surface area (Å²) in [6.07, 6.45) is 4.65. The first-order valence-corrected chi connectivity index (χ1v) is 11.3. The Bertz CT molecular complexity index is 925. The highest BCUT2D eigenvalue weighted by Gasteiger charge is 2.24. The van der Waals surface area contributed by atoms with Gasteiger partial charge in [-0.3, -0.25) is 9.78 Å². The Kier molecular flexibility index (Phi) is 7.11. The van der Waals surface area contributed by atoms with Crippen molar-refractivity contribution < 1.29 is 14.3 Å². The topological polar surface area (TPSA) is 51.7 Å². The van der Waals surface area contributed by atoms with E-state index in [2.05, 4.69) is 21.8 Å². The van der Waals surface area contributed by atoms with Crippen LogP contribution in [-0.4, -0.2) is 41.7 Å².